The molecule has 6 heteroatoms. The lowest BCUT2D eigenvalue weighted by Gasteiger charge is -2.27. The molecule has 2 rings (SSSR count). The number of benzene rings is 1. The molecule has 0 spiro atoms. The zero-order valence-electron chi connectivity index (χ0n) is 11.6. The summed E-state index contributed by atoms with van der Waals surface area (Å²) in [5.74, 6) is -1.70. The highest BCUT2D eigenvalue weighted by Crippen LogP contribution is 2.22. The monoisotopic (exact) mass is 280 g/mol. The molecule has 1 atom stereocenters. The minimum absolute atomic E-state index is 0.176. The summed E-state index contributed by atoms with van der Waals surface area (Å²) in [7, 11) is 3.74. The third-order valence-corrected chi connectivity index (χ3v) is 3.27. The van der Waals surface area contributed by atoms with Crippen LogP contribution in [0.15, 0.2) is 30.6 Å². The molecule has 108 valence electrons. The van der Waals surface area contributed by atoms with Crippen LogP contribution in [0, 0.1) is 11.6 Å². The lowest BCUT2D eigenvalue weighted by atomic mass is 10.0. The molecule has 0 saturated heterocycles. The van der Waals surface area contributed by atoms with Crippen LogP contribution in [0.1, 0.15) is 17.2 Å². The van der Waals surface area contributed by atoms with Gasteiger partial charge in [-0.3, -0.25) is 9.58 Å². The molecule has 1 heterocycles. The SMILES string of the molecule is CN(Cc1cnn(C)c1)C(CN)c1ccc(F)c(F)c1. The Balaban J connectivity index is 2.16. The molecular formula is C14H18F2N4. The van der Waals surface area contributed by atoms with E-state index in [-0.39, 0.29) is 6.04 Å². The summed E-state index contributed by atoms with van der Waals surface area (Å²) in [6, 6.07) is 3.72. The predicted octanol–water partition coefficient (Wildman–Crippen LogP) is 1.83. The number of halogens is 2. The highest BCUT2D eigenvalue weighted by Gasteiger charge is 2.17. The molecule has 1 aromatic heterocycles. The minimum atomic E-state index is -0.851. The Bertz CT molecular complexity index is 582. The van der Waals surface area contributed by atoms with Gasteiger partial charge in [-0.05, 0) is 24.7 Å². The van der Waals surface area contributed by atoms with E-state index in [0.717, 1.165) is 11.6 Å². The molecule has 0 aliphatic carbocycles. The van der Waals surface area contributed by atoms with Crippen LogP contribution in [0.25, 0.3) is 0 Å². The van der Waals surface area contributed by atoms with Crippen molar-refractivity contribution < 1.29 is 8.78 Å². The average molecular weight is 280 g/mol. The summed E-state index contributed by atoms with van der Waals surface area (Å²) in [4.78, 5) is 1.99. The van der Waals surface area contributed by atoms with Gasteiger partial charge >= 0.3 is 0 Å². The molecule has 4 nitrogen and oxygen atoms in total. The largest absolute Gasteiger partial charge is 0.329 e. The molecule has 0 bridgehead atoms. The fourth-order valence-corrected chi connectivity index (χ4v) is 2.24. The van der Waals surface area contributed by atoms with Gasteiger partial charge < -0.3 is 5.73 Å². The van der Waals surface area contributed by atoms with Gasteiger partial charge in [0.05, 0.1) is 6.20 Å². The zero-order chi connectivity index (χ0) is 14.7. The van der Waals surface area contributed by atoms with Gasteiger partial charge in [-0.15, -0.1) is 0 Å². The summed E-state index contributed by atoms with van der Waals surface area (Å²) in [5.41, 5.74) is 7.48. The van der Waals surface area contributed by atoms with Crippen LogP contribution in [0.2, 0.25) is 0 Å². The summed E-state index contributed by atoms with van der Waals surface area (Å²) in [5, 5.41) is 4.10. The number of hydrogen-bond donors (Lipinski definition) is 1. The number of nitrogens with two attached hydrogens (primary N) is 1. The quantitative estimate of drug-likeness (QED) is 0.909. The van der Waals surface area contributed by atoms with Gasteiger partial charge in [0, 0.05) is 37.9 Å². The van der Waals surface area contributed by atoms with E-state index in [1.165, 1.54) is 6.07 Å². The van der Waals surface area contributed by atoms with E-state index in [1.807, 2.05) is 25.2 Å². The van der Waals surface area contributed by atoms with Crippen LogP contribution >= 0.6 is 0 Å². The highest BCUT2D eigenvalue weighted by molar-refractivity contribution is 5.22. The maximum atomic E-state index is 13.3. The summed E-state index contributed by atoms with van der Waals surface area (Å²) < 4.78 is 28.0. The fraction of sp³-hybridized carbons (Fsp3) is 0.357. The normalized spacial score (nSPS) is 12.9. The number of nitrogens with zero attached hydrogens (tertiary/aromatic N) is 3. The van der Waals surface area contributed by atoms with Crippen LogP contribution in [0.4, 0.5) is 8.78 Å². The van der Waals surface area contributed by atoms with Crippen molar-refractivity contribution in [1.29, 1.82) is 0 Å². The van der Waals surface area contributed by atoms with Gasteiger partial charge in [0.25, 0.3) is 0 Å². The van der Waals surface area contributed by atoms with Gasteiger partial charge in [-0.2, -0.15) is 5.10 Å². The number of aromatic nitrogens is 2. The van der Waals surface area contributed by atoms with Crippen LogP contribution in [-0.4, -0.2) is 28.3 Å². The van der Waals surface area contributed by atoms with Crippen molar-refractivity contribution in [2.45, 2.75) is 12.6 Å². The van der Waals surface area contributed by atoms with Crippen LogP contribution < -0.4 is 5.73 Å². The first-order chi connectivity index (χ1) is 9.51. The summed E-state index contributed by atoms with van der Waals surface area (Å²) in [6.45, 7) is 0.955. The molecular weight excluding hydrogens is 262 g/mol. The van der Waals surface area contributed by atoms with E-state index in [9.17, 15) is 8.78 Å². The van der Waals surface area contributed by atoms with Gasteiger partial charge in [0.15, 0.2) is 11.6 Å². The molecule has 0 radical (unpaired) electrons. The highest BCUT2D eigenvalue weighted by atomic mass is 19.2. The Morgan fingerprint density at radius 2 is 2.10 bits per heavy atom. The van der Waals surface area contributed by atoms with Crippen molar-refractivity contribution in [2.24, 2.45) is 12.8 Å². The van der Waals surface area contributed by atoms with E-state index in [4.69, 9.17) is 5.73 Å². The minimum Gasteiger partial charge on any atom is -0.329 e. The van der Waals surface area contributed by atoms with Crippen LogP contribution in [0.3, 0.4) is 0 Å². The van der Waals surface area contributed by atoms with E-state index in [0.29, 0.717) is 18.7 Å². The molecule has 2 N–H and O–H groups in total. The Kier molecular flexibility index (Phi) is 4.46. The first-order valence-corrected chi connectivity index (χ1v) is 6.34. The maximum absolute atomic E-state index is 13.3. The van der Waals surface area contributed by atoms with E-state index < -0.39 is 11.6 Å². The van der Waals surface area contributed by atoms with Gasteiger partial charge in [-0.1, -0.05) is 6.07 Å². The van der Waals surface area contributed by atoms with Gasteiger partial charge in [0.1, 0.15) is 0 Å². The molecule has 0 amide bonds. The smallest absolute Gasteiger partial charge is 0.159 e. The predicted molar refractivity (Wildman–Crippen MR) is 72.8 cm³/mol. The van der Waals surface area contributed by atoms with Crippen molar-refractivity contribution in [3.63, 3.8) is 0 Å². The zero-order valence-corrected chi connectivity index (χ0v) is 11.6. The van der Waals surface area contributed by atoms with Crippen molar-refractivity contribution in [1.82, 2.24) is 14.7 Å². The molecule has 0 fully saturated rings. The lowest BCUT2D eigenvalue weighted by molar-refractivity contribution is 0.241. The second-order valence-electron chi connectivity index (χ2n) is 4.86. The fourth-order valence-electron chi connectivity index (χ4n) is 2.24. The van der Waals surface area contributed by atoms with E-state index in [1.54, 1.807) is 16.9 Å². The first-order valence-electron chi connectivity index (χ1n) is 6.34. The molecule has 0 aliphatic rings. The van der Waals surface area contributed by atoms with Gasteiger partial charge in [0.2, 0.25) is 0 Å². The Labute approximate surface area is 116 Å². The number of aryl methyl sites for hydroxylation is 1. The third kappa shape index (κ3) is 3.20. The number of likely N-dealkylation sites (N-methyl/N-ethyl adjacent to an activating group) is 1. The van der Waals surface area contributed by atoms with Gasteiger partial charge in [-0.25, -0.2) is 8.78 Å². The summed E-state index contributed by atoms with van der Waals surface area (Å²) >= 11 is 0. The molecule has 1 unspecified atom stereocenters. The Morgan fingerprint density at radius 1 is 1.35 bits per heavy atom. The molecule has 1 aromatic carbocycles. The second kappa shape index (κ2) is 6.11. The van der Waals surface area contributed by atoms with Crippen LogP contribution in [-0.2, 0) is 13.6 Å². The molecule has 0 aliphatic heterocycles. The topological polar surface area (TPSA) is 47.1 Å². The van der Waals surface area contributed by atoms with Crippen molar-refractivity contribution in [2.75, 3.05) is 13.6 Å². The maximum Gasteiger partial charge on any atom is 0.159 e. The Morgan fingerprint density at radius 3 is 2.65 bits per heavy atom. The molecule has 20 heavy (non-hydrogen) atoms. The van der Waals surface area contributed by atoms with E-state index >= 15 is 0 Å². The lowest BCUT2D eigenvalue weighted by Crippen LogP contribution is -2.30. The molecule has 2 aromatic rings. The third-order valence-electron chi connectivity index (χ3n) is 3.27. The number of rotatable bonds is 5. The summed E-state index contributed by atoms with van der Waals surface area (Å²) in [6.07, 6.45) is 3.69. The van der Waals surface area contributed by atoms with Crippen LogP contribution in [0.5, 0.6) is 0 Å². The van der Waals surface area contributed by atoms with E-state index in [2.05, 4.69) is 5.10 Å². The van der Waals surface area contributed by atoms with Crippen molar-refractivity contribution >= 4 is 0 Å². The molecule has 0 saturated carbocycles. The van der Waals surface area contributed by atoms with Crippen molar-refractivity contribution in [3.05, 3.63) is 53.4 Å². The Hall–Kier alpha value is -1.79. The van der Waals surface area contributed by atoms with Crippen molar-refractivity contribution in [3.8, 4) is 0 Å². The second-order valence-corrected chi connectivity index (χ2v) is 4.86. The standard InChI is InChI=1S/C14H18F2N4/c1-19(8-10-7-18-20(2)9-10)14(6-17)11-3-4-12(15)13(16)5-11/h3-5,7,9,14H,6,8,17H2,1-2H3. The number of hydrogen-bond acceptors (Lipinski definition) is 3. The average Bonchev–Trinajstić information content (AvgIpc) is 2.80. The first kappa shape index (κ1) is 14.6.